The predicted molar refractivity (Wildman–Crippen MR) is 142 cm³/mol. The third kappa shape index (κ3) is 6.62. The van der Waals surface area contributed by atoms with Gasteiger partial charge in [-0.3, -0.25) is 0 Å². The summed E-state index contributed by atoms with van der Waals surface area (Å²) in [6.45, 7) is 4.40. The van der Waals surface area contributed by atoms with Crippen molar-refractivity contribution in [3.8, 4) is 0 Å². The number of aryl methyl sites for hydroxylation is 2. The van der Waals surface area contributed by atoms with E-state index in [9.17, 15) is 16.8 Å². The number of benzene rings is 3. The molecule has 3 aromatic carbocycles. The molecule has 1 N–H and O–H groups in total. The smallest absolute Gasteiger partial charge is 0.208 e. The molecular formula is C28H34N2O4S2. The molecule has 0 radical (unpaired) electrons. The number of hydrogen-bond donors (Lipinski definition) is 1. The number of sulfonamides is 2. The van der Waals surface area contributed by atoms with Crippen molar-refractivity contribution in [1.82, 2.24) is 9.03 Å². The molecule has 4 rings (SSSR count). The Labute approximate surface area is 215 Å². The number of nitrogens with zero attached hydrogens (tertiary/aromatic N) is 1. The molecule has 0 bridgehead atoms. The van der Waals surface area contributed by atoms with Crippen LogP contribution in [-0.4, -0.2) is 27.2 Å². The van der Waals surface area contributed by atoms with Gasteiger partial charge in [0.25, 0.3) is 0 Å². The Balaban J connectivity index is 1.59. The second kappa shape index (κ2) is 11.3. The van der Waals surface area contributed by atoms with Crippen molar-refractivity contribution < 1.29 is 16.8 Å². The predicted octanol–water partition coefficient (Wildman–Crippen LogP) is 5.31. The van der Waals surface area contributed by atoms with E-state index in [-0.39, 0.29) is 28.9 Å². The molecule has 0 atom stereocenters. The monoisotopic (exact) mass is 526 g/mol. The Bertz CT molecular complexity index is 1310. The average Bonchev–Trinajstić information content (AvgIpc) is 2.86. The zero-order valence-electron chi connectivity index (χ0n) is 20.9. The Morgan fingerprint density at radius 2 is 1.11 bits per heavy atom. The van der Waals surface area contributed by atoms with E-state index in [1.807, 2.05) is 62.4 Å². The SMILES string of the molecule is Cc1ccc(CN(Cc2ccc(C)cc2)S(=O)(=O)c2ccc(S(=O)(=O)NC3CCCCC3)cc2)cc1. The van der Waals surface area contributed by atoms with Gasteiger partial charge in [0, 0.05) is 19.1 Å². The number of hydrogen-bond acceptors (Lipinski definition) is 4. The third-order valence-corrected chi connectivity index (χ3v) is 10.0. The van der Waals surface area contributed by atoms with E-state index >= 15 is 0 Å². The van der Waals surface area contributed by atoms with Crippen LogP contribution in [0.15, 0.2) is 82.6 Å². The molecule has 0 heterocycles. The fraction of sp³-hybridized carbons (Fsp3) is 0.357. The van der Waals surface area contributed by atoms with Gasteiger partial charge in [0.2, 0.25) is 20.0 Å². The lowest BCUT2D eigenvalue weighted by molar-refractivity contribution is 0.401. The van der Waals surface area contributed by atoms with Crippen LogP contribution in [0.4, 0.5) is 0 Å². The first-order valence-corrected chi connectivity index (χ1v) is 15.3. The Kier molecular flexibility index (Phi) is 8.30. The van der Waals surface area contributed by atoms with Crippen molar-refractivity contribution in [2.75, 3.05) is 0 Å². The van der Waals surface area contributed by atoms with E-state index in [2.05, 4.69) is 4.72 Å². The van der Waals surface area contributed by atoms with Gasteiger partial charge in [0.1, 0.15) is 0 Å². The highest BCUT2D eigenvalue weighted by molar-refractivity contribution is 7.89. The molecule has 1 fully saturated rings. The Hall–Kier alpha value is -2.52. The van der Waals surface area contributed by atoms with Gasteiger partial charge < -0.3 is 0 Å². The topological polar surface area (TPSA) is 83.6 Å². The van der Waals surface area contributed by atoms with Crippen LogP contribution in [0, 0.1) is 13.8 Å². The first-order chi connectivity index (χ1) is 17.1. The lowest BCUT2D eigenvalue weighted by Gasteiger charge is -2.24. The van der Waals surface area contributed by atoms with E-state index in [1.54, 1.807) is 0 Å². The second-order valence-electron chi connectivity index (χ2n) is 9.67. The minimum Gasteiger partial charge on any atom is -0.208 e. The molecular weight excluding hydrogens is 492 g/mol. The van der Waals surface area contributed by atoms with E-state index in [1.165, 1.54) is 28.6 Å². The maximum Gasteiger partial charge on any atom is 0.243 e. The van der Waals surface area contributed by atoms with Gasteiger partial charge in [0.05, 0.1) is 9.79 Å². The molecule has 3 aromatic rings. The molecule has 0 saturated heterocycles. The van der Waals surface area contributed by atoms with Crippen LogP contribution in [0.1, 0.15) is 54.4 Å². The maximum atomic E-state index is 13.7. The molecule has 0 unspecified atom stereocenters. The highest BCUT2D eigenvalue weighted by Gasteiger charge is 2.27. The molecule has 36 heavy (non-hydrogen) atoms. The molecule has 0 aliphatic heterocycles. The van der Waals surface area contributed by atoms with E-state index in [0.717, 1.165) is 54.4 Å². The van der Waals surface area contributed by atoms with Gasteiger partial charge in [-0.15, -0.1) is 0 Å². The van der Waals surface area contributed by atoms with Crippen LogP contribution in [-0.2, 0) is 33.1 Å². The fourth-order valence-corrected chi connectivity index (χ4v) is 7.19. The summed E-state index contributed by atoms with van der Waals surface area (Å²) in [6, 6.07) is 21.1. The van der Waals surface area contributed by atoms with Crippen LogP contribution in [0.3, 0.4) is 0 Å². The highest BCUT2D eigenvalue weighted by atomic mass is 32.2. The summed E-state index contributed by atoms with van der Waals surface area (Å²) in [5, 5.41) is 0. The van der Waals surface area contributed by atoms with Gasteiger partial charge in [-0.1, -0.05) is 78.9 Å². The fourth-order valence-electron chi connectivity index (χ4n) is 4.47. The van der Waals surface area contributed by atoms with Crippen LogP contribution < -0.4 is 4.72 Å². The quantitative estimate of drug-likeness (QED) is 0.410. The van der Waals surface area contributed by atoms with E-state index < -0.39 is 20.0 Å². The van der Waals surface area contributed by atoms with Gasteiger partial charge in [-0.05, 0) is 62.1 Å². The summed E-state index contributed by atoms with van der Waals surface area (Å²) < 4.78 is 57.4. The molecule has 1 aliphatic carbocycles. The average molecular weight is 527 g/mol. The molecule has 0 amide bonds. The highest BCUT2D eigenvalue weighted by Crippen LogP contribution is 2.24. The van der Waals surface area contributed by atoms with Crippen molar-refractivity contribution >= 4 is 20.0 Å². The number of rotatable bonds is 9. The first kappa shape index (κ1) is 26.5. The minimum atomic E-state index is -3.89. The molecule has 8 heteroatoms. The third-order valence-electron chi connectivity index (χ3n) is 6.66. The van der Waals surface area contributed by atoms with Crippen LogP contribution >= 0.6 is 0 Å². The van der Waals surface area contributed by atoms with Crippen molar-refractivity contribution in [3.63, 3.8) is 0 Å². The molecule has 0 spiro atoms. The van der Waals surface area contributed by atoms with Gasteiger partial charge >= 0.3 is 0 Å². The van der Waals surface area contributed by atoms with Crippen LogP contribution in [0.2, 0.25) is 0 Å². The van der Waals surface area contributed by atoms with Crippen molar-refractivity contribution in [2.24, 2.45) is 0 Å². The summed E-state index contributed by atoms with van der Waals surface area (Å²) in [6.07, 6.45) is 4.83. The van der Waals surface area contributed by atoms with E-state index in [4.69, 9.17) is 0 Å². The number of nitrogens with one attached hydrogen (secondary N) is 1. The lowest BCUT2D eigenvalue weighted by atomic mass is 9.96. The van der Waals surface area contributed by atoms with Gasteiger partial charge in [0.15, 0.2) is 0 Å². The largest absolute Gasteiger partial charge is 0.243 e. The summed E-state index contributed by atoms with van der Waals surface area (Å²) >= 11 is 0. The molecule has 1 saturated carbocycles. The van der Waals surface area contributed by atoms with Crippen LogP contribution in [0.25, 0.3) is 0 Å². The van der Waals surface area contributed by atoms with E-state index in [0.29, 0.717) is 0 Å². The maximum absolute atomic E-state index is 13.7. The summed E-state index contributed by atoms with van der Waals surface area (Å²) in [5.74, 6) is 0. The summed E-state index contributed by atoms with van der Waals surface area (Å²) in [5.41, 5.74) is 3.97. The zero-order valence-corrected chi connectivity index (χ0v) is 22.5. The van der Waals surface area contributed by atoms with Gasteiger partial charge in [-0.2, -0.15) is 4.31 Å². The molecule has 192 valence electrons. The Morgan fingerprint density at radius 3 is 1.58 bits per heavy atom. The van der Waals surface area contributed by atoms with Crippen molar-refractivity contribution in [3.05, 3.63) is 95.1 Å². The summed E-state index contributed by atoms with van der Waals surface area (Å²) in [7, 11) is -7.60. The zero-order chi connectivity index (χ0) is 25.8. The normalized spacial score (nSPS) is 15.3. The van der Waals surface area contributed by atoms with Crippen molar-refractivity contribution in [2.45, 2.75) is 74.9 Å². The molecule has 6 nitrogen and oxygen atoms in total. The summed E-state index contributed by atoms with van der Waals surface area (Å²) in [4.78, 5) is 0.147. The van der Waals surface area contributed by atoms with Crippen LogP contribution in [0.5, 0.6) is 0 Å². The second-order valence-corrected chi connectivity index (χ2v) is 13.3. The molecule has 1 aliphatic rings. The first-order valence-electron chi connectivity index (χ1n) is 12.4. The Morgan fingerprint density at radius 1 is 0.667 bits per heavy atom. The van der Waals surface area contributed by atoms with Gasteiger partial charge in [-0.25, -0.2) is 21.6 Å². The van der Waals surface area contributed by atoms with Crippen molar-refractivity contribution in [1.29, 1.82) is 0 Å². The molecule has 0 aromatic heterocycles. The minimum absolute atomic E-state index is 0.0633. The standard InChI is InChI=1S/C28H34N2O4S2/c1-22-8-12-24(13-9-22)20-30(21-25-14-10-23(2)11-15-25)36(33,34)28-18-16-27(17-19-28)35(31,32)29-26-6-4-3-5-7-26/h8-19,26,29H,3-7,20-21H2,1-2H3. The lowest BCUT2D eigenvalue weighted by Crippen LogP contribution is -2.36.